The van der Waals surface area contributed by atoms with E-state index in [0.717, 1.165) is 11.3 Å². The van der Waals surface area contributed by atoms with Gasteiger partial charge < -0.3 is 0 Å². The number of hydrogen-bond acceptors (Lipinski definition) is 7. The van der Waals surface area contributed by atoms with Gasteiger partial charge in [0.2, 0.25) is 5.71 Å². The van der Waals surface area contributed by atoms with E-state index in [9.17, 15) is 4.79 Å². The molecule has 1 aromatic rings. The Hall–Kier alpha value is -2.84. The van der Waals surface area contributed by atoms with Crippen LogP contribution in [-0.4, -0.2) is 21.9 Å². The van der Waals surface area contributed by atoms with Gasteiger partial charge >= 0.3 is 0 Å². The number of nitriles is 2. The summed E-state index contributed by atoms with van der Waals surface area (Å²) in [6.45, 7) is 1.91. The summed E-state index contributed by atoms with van der Waals surface area (Å²) in [5, 5.41) is 24.7. The van der Waals surface area contributed by atoms with Crippen LogP contribution in [0, 0.1) is 22.7 Å². The van der Waals surface area contributed by atoms with Gasteiger partial charge in [-0.2, -0.15) is 20.7 Å². The Kier molecular flexibility index (Phi) is 4.54. The van der Waals surface area contributed by atoms with Crippen molar-refractivity contribution in [3.8, 4) is 12.1 Å². The number of amides is 1. The third kappa shape index (κ3) is 3.59. The maximum atomic E-state index is 11.2. The van der Waals surface area contributed by atoms with Crippen LogP contribution in [0.5, 0.6) is 0 Å². The largest absolute Gasteiger partial charge is 0.299 e. The first-order valence-electron chi connectivity index (χ1n) is 5.92. The van der Waals surface area contributed by atoms with E-state index in [4.69, 9.17) is 10.5 Å². The molecule has 21 heavy (non-hydrogen) atoms. The van der Waals surface area contributed by atoms with Crippen LogP contribution in [-0.2, 0) is 0 Å². The number of rotatable bonds is 3. The van der Waals surface area contributed by atoms with Crippen LogP contribution in [0.1, 0.15) is 12.5 Å². The molecule has 7 nitrogen and oxygen atoms in total. The quantitative estimate of drug-likeness (QED) is 0.655. The van der Waals surface area contributed by atoms with Crippen LogP contribution in [0.25, 0.3) is 0 Å². The molecule has 1 aliphatic rings. The molecule has 2 rings (SSSR count). The summed E-state index contributed by atoms with van der Waals surface area (Å²) >= 11 is 1.18. The standard InChI is InChI=1S/C13H10N6OS/c1-8-12(18-19-13(20)21-8)9-2-4-10(5-3-9)16-17-11(6-14)7-15/h2-5,8,16H,1H3,(H,19,20). The lowest BCUT2D eigenvalue weighted by atomic mass is 10.1. The fraction of sp³-hybridized carbons (Fsp3) is 0.154. The van der Waals surface area contributed by atoms with Gasteiger partial charge in [-0.25, -0.2) is 5.43 Å². The van der Waals surface area contributed by atoms with Crippen LogP contribution < -0.4 is 10.9 Å². The van der Waals surface area contributed by atoms with Gasteiger partial charge in [-0.3, -0.25) is 10.2 Å². The van der Waals surface area contributed by atoms with Gasteiger partial charge in [0.1, 0.15) is 12.1 Å². The first kappa shape index (κ1) is 14.6. The normalized spacial score (nSPS) is 16.8. The second-order valence-corrected chi connectivity index (χ2v) is 5.34. The SMILES string of the molecule is CC1SC(=O)NN=C1c1ccc(NN=C(C#N)C#N)cc1. The molecular formula is C13H10N6OS. The van der Waals surface area contributed by atoms with Crippen molar-refractivity contribution in [3.63, 3.8) is 0 Å². The molecule has 0 aromatic heterocycles. The molecular weight excluding hydrogens is 288 g/mol. The Morgan fingerprint density at radius 2 is 2.05 bits per heavy atom. The van der Waals surface area contributed by atoms with E-state index >= 15 is 0 Å². The summed E-state index contributed by atoms with van der Waals surface area (Å²) < 4.78 is 0. The van der Waals surface area contributed by atoms with E-state index in [2.05, 4.69) is 21.1 Å². The molecule has 0 spiro atoms. The minimum absolute atomic E-state index is 0.0284. The molecule has 0 saturated heterocycles. The third-order valence-corrected chi connectivity index (χ3v) is 3.51. The number of hydrazone groups is 2. The zero-order valence-corrected chi connectivity index (χ0v) is 11.8. The van der Waals surface area contributed by atoms with Crippen molar-refractivity contribution < 1.29 is 4.79 Å². The highest BCUT2D eigenvalue weighted by atomic mass is 32.2. The average Bonchev–Trinajstić information content (AvgIpc) is 2.49. The second kappa shape index (κ2) is 6.55. The predicted molar refractivity (Wildman–Crippen MR) is 80.8 cm³/mol. The Balaban J connectivity index is 2.13. The fourth-order valence-corrected chi connectivity index (χ4v) is 2.37. The molecule has 0 saturated carbocycles. The van der Waals surface area contributed by atoms with Crippen LogP contribution in [0.3, 0.4) is 0 Å². The molecule has 0 aliphatic carbocycles. The zero-order chi connectivity index (χ0) is 15.2. The molecule has 1 aromatic carbocycles. The number of hydrogen-bond donors (Lipinski definition) is 2. The number of carbonyl (C=O) groups excluding carboxylic acids is 1. The predicted octanol–water partition coefficient (Wildman–Crippen LogP) is 2.05. The highest BCUT2D eigenvalue weighted by Gasteiger charge is 2.22. The van der Waals surface area contributed by atoms with Crippen LogP contribution in [0.4, 0.5) is 10.5 Å². The van der Waals surface area contributed by atoms with Crippen molar-refractivity contribution in [1.29, 1.82) is 10.5 Å². The molecule has 0 bridgehead atoms. The average molecular weight is 298 g/mol. The summed E-state index contributed by atoms with van der Waals surface area (Å²) in [5.74, 6) is 0. The topological polar surface area (TPSA) is 113 Å². The summed E-state index contributed by atoms with van der Waals surface area (Å²) in [4.78, 5) is 11.2. The first-order valence-corrected chi connectivity index (χ1v) is 6.80. The van der Waals surface area contributed by atoms with E-state index < -0.39 is 0 Å². The smallest absolute Gasteiger partial charge is 0.277 e. The van der Waals surface area contributed by atoms with Crippen molar-refractivity contribution in [2.45, 2.75) is 12.2 Å². The van der Waals surface area contributed by atoms with Crippen molar-refractivity contribution >= 4 is 34.1 Å². The minimum atomic E-state index is -0.247. The molecule has 1 unspecified atom stereocenters. The molecule has 8 heteroatoms. The molecule has 1 heterocycles. The minimum Gasteiger partial charge on any atom is -0.277 e. The molecule has 1 atom stereocenters. The Morgan fingerprint density at radius 3 is 2.62 bits per heavy atom. The summed E-state index contributed by atoms with van der Waals surface area (Å²) in [6.07, 6.45) is 0. The molecule has 1 aliphatic heterocycles. The monoisotopic (exact) mass is 298 g/mol. The lowest BCUT2D eigenvalue weighted by Gasteiger charge is -2.18. The van der Waals surface area contributed by atoms with Crippen LogP contribution in [0.15, 0.2) is 34.5 Å². The van der Waals surface area contributed by atoms with Gasteiger partial charge in [-0.05, 0) is 24.6 Å². The molecule has 0 fully saturated rings. The lowest BCUT2D eigenvalue weighted by molar-refractivity contribution is 0.261. The highest BCUT2D eigenvalue weighted by molar-refractivity contribution is 8.14. The van der Waals surface area contributed by atoms with Gasteiger partial charge in [0.05, 0.1) is 16.6 Å². The van der Waals surface area contributed by atoms with Crippen LogP contribution >= 0.6 is 11.8 Å². The van der Waals surface area contributed by atoms with Gasteiger partial charge in [0.15, 0.2) is 0 Å². The van der Waals surface area contributed by atoms with Crippen LogP contribution in [0.2, 0.25) is 0 Å². The number of nitrogens with one attached hydrogen (secondary N) is 2. The zero-order valence-electron chi connectivity index (χ0n) is 11.0. The third-order valence-electron chi connectivity index (χ3n) is 2.63. The van der Waals surface area contributed by atoms with E-state index in [-0.39, 0.29) is 16.2 Å². The van der Waals surface area contributed by atoms with Gasteiger partial charge in [-0.1, -0.05) is 23.9 Å². The first-order chi connectivity index (χ1) is 10.1. The maximum absolute atomic E-state index is 11.2. The van der Waals surface area contributed by atoms with Crippen molar-refractivity contribution in [2.24, 2.45) is 10.2 Å². The maximum Gasteiger partial charge on any atom is 0.299 e. The number of anilines is 1. The van der Waals surface area contributed by atoms with E-state index in [1.54, 1.807) is 24.3 Å². The second-order valence-electron chi connectivity index (χ2n) is 4.03. The summed E-state index contributed by atoms with van der Waals surface area (Å²) in [5.41, 5.74) is 7.11. The lowest BCUT2D eigenvalue weighted by Crippen LogP contribution is -2.29. The number of thioether (sulfide) groups is 1. The molecule has 2 N–H and O–H groups in total. The number of nitrogens with zero attached hydrogens (tertiary/aromatic N) is 4. The summed E-state index contributed by atoms with van der Waals surface area (Å²) in [7, 11) is 0. The number of benzene rings is 1. The van der Waals surface area contributed by atoms with Crippen molar-refractivity contribution in [3.05, 3.63) is 29.8 Å². The van der Waals surface area contributed by atoms with Crippen molar-refractivity contribution in [1.82, 2.24) is 5.43 Å². The fourth-order valence-electron chi connectivity index (χ4n) is 1.65. The van der Waals surface area contributed by atoms with Gasteiger partial charge in [-0.15, -0.1) is 0 Å². The summed E-state index contributed by atoms with van der Waals surface area (Å²) in [6, 6.07) is 10.5. The Bertz CT molecular complexity index is 679. The Morgan fingerprint density at radius 1 is 1.38 bits per heavy atom. The molecule has 104 valence electrons. The van der Waals surface area contributed by atoms with E-state index in [0.29, 0.717) is 5.69 Å². The van der Waals surface area contributed by atoms with Crippen molar-refractivity contribution in [2.75, 3.05) is 5.43 Å². The van der Waals surface area contributed by atoms with E-state index in [1.165, 1.54) is 11.8 Å². The molecule has 1 amide bonds. The van der Waals surface area contributed by atoms with Gasteiger partial charge in [0, 0.05) is 0 Å². The number of carbonyl (C=O) groups is 1. The molecule has 0 radical (unpaired) electrons. The van der Waals surface area contributed by atoms with E-state index in [1.807, 2.05) is 19.1 Å². The Labute approximate surface area is 125 Å². The van der Waals surface area contributed by atoms with Gasteiger partial charge in [0.25, 0.3) is 5.24 Å². The highest BCUT2D eigenvalue weighted by Crippen LogP contribution is 2.22.